The Morgan fingerprint density at radius 3 is 2.42 bits per heavy atom. The minimum Gasteiger partial charge on any atom is -0.393 e. The molecule has 0 saturated heterocycles. The first kappa shape index (κ1) is 28.4. The van der Waals surface area contributed by atoms with E-state index in [1.165, 1.54) is 25.7 Å². The summed E-state index contributed by atoms with van der Waals surface area (Å²) in [6.07, 6.45) is 12.7. The summed E-state index contributed by atoms with van der Waals surface area (Å²) >= 11 is 0. The van der Waals surface area contributed by atoms with E-state index in [0.29, 0.717) is 41.4 Å². The van der Waals surface area contributed by atoms with Crippen LogP contribution in [0.2, 0.25) is 0 Å². The van der Waals surface area contributed by atoms with Gasteiger partial charge in [0, 0.05) is 0 Å². The fourth-order valence-corrected chi connectivity index (χ4v) is 11.8. The molecule has 0 aromatic heterocycles. The maximum atomic E-state index is 13.6. The van der Waals surface area contributed by atoms with Gasteiger partial charge in [-0.25, -0.2) is 8.42 Å². The van der Waals surface area contributed by atoms with Gasteiger partial charge in [-0.15, -0.1) is 0 Å². The Morgan fingerprint density at radius 1 is 1.00 bits per heavy atom. The number of sulfone groups is 1. The van der Waals surface area contributed by atoms with Gasteiger partial charge >= 0.3 is 0 Å². The summed E-state index contributed by atoms with van der Waals surface area (Å²) < 4.78 is 27.3. The van der Waals surface area contributed by atoms with Crippen molar-refractivity contribution in [2.45, 2.75) is 120 Å². The van der Waals surface area contributed by atoms with E-state index in [2.05, 4.69) is 26.8 Å². The van der Waals surface area contributed by atoms with Crippen molar-refractivity contribution in [2.24, 2.45) is 40.9 Å². The van der Waals surface area contributed by atoms with Gasteiger partial charge in [0.1, 0.15) is 0 Å². The molecule has 1 aromatic carbocycles. The lowest BCUT2D eigenvalue weighted by molar-refractivity contribution is -0.0460. The van der Waals surface area contributed by atoms with Crippen LogP contribution < -0.4 is 0 Å². The number of benzene rings is 1. The quantitative estimate of drug-likeness (QED) is 0.348. The zero-order valence-corrected chi connectivity index (χ0v) is 24.8. The lowest BCUT2D eigenvalue weighted by Gasteiger charge is -2.55. The Bertz CT molecular complexity index is 1110. The summed E-state index contributed by atoms with van der Waals surface area (Å²) in [5, 5.41) is 20.6. The largest absolute Gasteiger partial charge is 0.393 e. The lowest BCUT2D eigenvalue weighted by atomic mass is 9.50. The third kappa shape index (κ3) is 5.05. The molecule has 10 atom stereocenters. The number of rotatable bonds is 8. The highest BCUT2D eigenvalue weighted by molar-refractivity contribution is 7.92. The second-order valence-electron chi connectivity index (χ2n) is 13.9. The average molecular weight is 543 g/mol. The number of allylic oxidation sites excluding steroid dienone is 1. The molecule has 0 aliphatic heterocycles. The molecule has 4 nitrogen and oxygen atoms in total. The van der Waals surface area contributed by atoms with Crippen LogP contribution in [0.3, 0.4) is 0 Å². The maximum absolute atomic E-state index is 13.6. The first-order valence-electron chi connectivity index (χ1n) is 15.4. The number of aliphatic hydroxyl groups excluding tert-OH is 1. The highest BCUT2D eigenvalue weighted by atomic mass is 32.2. The minimum absolute atomic E-state index is 0.261. The Balaban J connectivity index is 1.33. The molecule has 1 aromatic rings. The highest BCUT2D eigenvalue weighted by Crippen LogP contribution is 2.65. The van der Waals surface area contributed by atoms with E-state index in [1.54, 1.807) is 36.8 Å². The van der Waals surface area contributed by atoms with Crippen LogP contribution in [0.4, 0.5) is 0 Å². The van der Waals surface area contributed by atoms with Crippen molar-refractivity contribution in [3.05, 3.63) is 42.0 Å². The van der Waals surface area contributed by atoms with Crippen LogP contribution >= 0.6 is 0 Å². The molecule has 0 bridgehead atoms. The number of aliphatic hydroxyl groups is 2. The fraction of sp³-hybridized carbons (Fsp3) is 0.758. The summed E-state index contributed by atoms with van der Waals surface area (Å²) in [5.41, 5.74) is 1.31. The van der Waals surface area contributed by atoms with Gasteiger partial charge in [-0.2, -0.15) is 0 Å². The van der Waals surface area contributed by atoms with E-state index in [1.807, 2.05) is 6.07 Å². The Kier molecular flexibility index (Phi) is 7.96. The molecule has 2 unspecified atom stereocenters. The summed E-state index contributed by atoms with van der Waals surface area (Å²) in [7, 11) is -3.50. The van der Waals surface area contributed by atoms with E-state index >= 15 is 0 Å². The van der Waals surface area contributed by atoms with Crippen LogP contribution in [-0.2, 0) is 9.84 Å². The van der Waals surface area contributed by atoms with Gasteiger partial charge in [0.2, 0.25) is 0 Å². The SMILES string of the molecule is CC[C@]1(O)CC[C@H]2C(=CC[C@@H]3C2CC[C@]2(C)[C@@H]([C@H](C)CC(C[C@H](C)O)S(=O)(=O)c4ccccc4)CC[C@@H]32)C1. The Morgan fingerprint density at radius 2 is 1.74 bits per heavy atom. The van der Waals surface area contributed by atoms with E-state index in [0.717, 1.165) is 43.9 Å². The standard InChI is InChI=1S/C33H50O4S/c1-5-33(35)18-16-27-24(21-33)11-12-29-28(27)15-17-32(4)30(13-14-31(29)32)22(2)19-26(20-23(3)34)38(36,37)25-9-7-6-8-10-25/h6-11,22-23,26-31,34-35H,5,12-21H2,1-4H3/t22-,23+,26?,27+,28?,29-,30-,31+,32-,33+/m1/s1. The molecule has 3 saturated carbocycles. The molecule has 3 fully saturated rings. The molecule has 5 heteroatoms. The van der Waals surface area contributed by atoms with Crippen molar-refractivity contribution in [1.82, 2.24) is 0 Å². The molecule has 5 rings (SSSR count). The van der Waals surface area contributed by atoms with Crippen LogP contribution in [0.1, 0.15) is 98.3 Å². The van der Waals surface area contributed by atoms with Gasteiger partial charge < -0.3 is 10.2 Å². The van der Waals surface area contributed by atoms with Crippen molar-refractivity contribution in [1.29, 1.82) is 0 Å². The van der Waals surface area contributed by atoms with Gasteiger partial charge in [-0.1, -0.05) is 50.6 Å². The zero-order valence-electron chi connectivity index (χ0n) is 24.0. The minimum atomic E-state index is -3.50. The predicted molar refractivity (Wildman–Crippen MR) is 153 cm³/mol. The normalized spacial score (nSPS) is 39.3. The number of fused-ring (bicyclic) bond motifs is 5. The summed E-state index contributed by atoms with van der Waals surface area (Å²) in [6.45, 7) is 8.64. The second kappa shape index (κ2) is 10.7. The monoisotopic (exact) mass is 542 g/mol. The van der Waals surface area contributed by atoms with Gasteiger partial charge in [0.05, 0.1) is 21.9 Å². The summed E-state index contributed by atoms with van der Waals surface area (Å²) in [6, 6.07) is 8.81. The number of hydrogen-bond acceptors (Lipinski definition) is 4. The smallest absolute Gasteiger partial charge is 0.181 e. The van der Waals surface area contributed by atoms with E-state index in [-0.39, 0.29) is 5.41 Å². The van der Waals surface area contributed by atoms with Crippen LogP contribution in [0.5, 0.6) is 0 Å². The molecular formula is C33H50O4S. The molecule has 0 amide bonds. The fourth-order valence-electron chi connectivity index (χ4n) is 9.75. The first-order chi connectivity index (χ1) is 18.0. The van der Waals surface area contributed by atoms with Crippen molar-refractivity contribution in [2.75, 3.05) is 0 Å². The van der Waals surface area contributed by atoms with Crippen LogP contribution in [0, 0.1) is 40.9 Å². The third-order valence-corrected chi connectivity index (χ3v) is 14.0. The molecule has 0 radical (unpaired) electrons. The third-order valence-electron chi connectivity index (χ3n) is 11.8. The average Bonchev–Trinajstić information content (AvgIpc) is 3.25. The van der Waals surface area contributed by atoms with Crippen molar-refractivity contribution < 1.29 is 18.6 Å². The molecule has 38 heavy (non-hydrogen) atoms. The zero-order chi connectivity index (χ0) is 27.3. The van der Waals surface area contributed by atoms with Gasteiger partial charge in [-0.3, -0.25) is 0 Å². The van der Waals surface area contributed by atoms with Crippen molar-refractivity contribution >= 4 is 9.84 Å². The molecular weight excluding hydrogens is 492 g/mol. The molecule has 2 N–H and O–H groups in total. The van der Waals surface area contributed by atoms with Crippen LogP contribution in [0.15, 0.2) is 46.9 Å². The molecule has 0 spiro atoms. The van der Waals surface area contributed by atoms with Crippen LogP contribution in [-0.4, -0.2) is 35.6 Å². The van der Waals surface area contributed by atoms with Gasteiger partial charge in [0.15, 0.2) is 9.84 Å². The predicted octanol–water partition coefficient (Wildman–Crippen LogP) is 6.96. The maximum Gasteiger partial charge on any atom is 0.181 e. The molecule has 212 valence electrons. The summed E-state index contributed by atoms with van der Waals surface area (Å²) in [4.78, 5) is 0.376. The number of hydrogen-bond donors (Lipinski definition) is 2. The first-order valence-corrected chi connectivity index (χ1v) is 16.9. The van der Waals surface area contributed by atoms with E-state index in [9.17, 15) is 18.6 Å². The lowest BCUT2D eigenvalue weighted by Crippen LogP contribution is -2.48. The van der Waals surface area contributed by atoms with Crippen molar-refractivity contribution in [3.8, 4) is 0 Å². The van der Waals surface area contributed by atoms with E-state index in [4.69, 9.17) is 0 Å². The Hall–Kier alpha value is -1.17. The van der Waals surface area contributed by atoms with E-state index < -0.39 is 26.8 Å². The Labute approximate surface area is 231 Å². The molecule has 0 heterocycles. The topological polar surface area (TPSA) is 74.6 Å². The van der Waals surface area contributed by atoms with Crippen molar-refractivity contribution in [3.63, 3.8) is 0 Å². The molecule has 4 aliphatic rings. The molecule has 4 aliphatic carbocycles. The second-order valence-corrected chi connectivity index (χ2v) is 16.1. The van der Waals surface area contributed by atoms with Gasteiger partial charge in [0.25, 0.3) is 0 Å². The van der Waals surface area contributed by atoms with Crippen LogP contribution in [0.25, 0.3) is 0 Å². The summed E-state index contributed by atoms with van der Waals surface area (Å²) in [5.74, 6) is 3.68. The van der Waals surface area contributed by atoms with Gasteiger partial charge in [-0.05, 0) is 131 Å². The highest BCUT2D eigenvalue weighted by Gasteiger charge is 2.57.